The molecule has 0 aliphatic carbocycles. The number of sulfonamides is 1. The average Bonchev–Trinajstić information content (AvgIpc) is 2.72. The number of nitro groups is 1. The summed E-state index contributed by atoms with van der Waals surface area (Å²) < 4.78 is 37.2. The fraction of sp³-hybridized carbons (Fsp3) is 0.650. The minimum atomic E-state index is -3.88. The molecular weight excluding hydrogens is 426 g/mol. The quantitative estimate of drug-likeness (QED) is 0.399. The van der Waals surface area contributed by atoms with Crippen LogP contribution in [-0.2, 0) is 19.6 Å². The molecule has 1 aliphatic heterocycles. The lowest BCUT2D eigenvalue weighted by atomic mass is 10.0. The molecule has 1 aromatic carbocycles. The fourth-order valence-electron chi connectivity index (χ4n) is 3.22. The van der Waals surface area contributed by atoms with Gasteiger partial charge in [0.25, 0.3) is 5.91 Å². The Morgan fingerprint density at radius 1 is 1.26 bits per heavy atom. The summed E-state index contributed by atoms with van der Waals surface area (Å²) in [6.07, 6.45) is 2.89. The predicted octanol–water partition coefficient (Wildman–Crippen LogP) is 2.33. The normalized spacial score (nSPS) is 16.1. The Labute approximate surface area is 183 Å². The van der Waals surface area contributed by atoms with Gasteiger partial charge in [-0.15, -0.1) is 0 Å². The van der Waals surface area contributed by atoms with Crippen molar-refractivity contribution in [3.05, 3.63) is 28.3 Å². The number of hydrogen-bond donors (Lipinski definition) is 1. The number of amides is 1. The van der Waals surface area contributed by atoms with E-state index in [1.807, 2.05) is 6.92 Å². The first-order valence-corrected chi connectivity index (χ1v) is 11.8. The Morgan fingerprint density at radius 2 is 1.94 bits per heavy atom. The van der Waals surface area contributed by atoms with Crippen molar-refractivity contribution < 1.29 is 27.6 Å². The molecule has 1 aromatic rings. The number of morpholine rings is 1. The number of benzene rings is 1. The van der Waals surface area contributed by atoms with Crippen LogP contribution in [-0.4, -0.2) is 62.5 Å². The van der Waals surface area contributed by atoms with Crippen molar-refractivity contribution >= 4 is 21.6 Å². The van der Waals surface area contributed by atoms with E-state index in [0.717, 1.165) is 25.3 Å². The molecule has 2 rings (SSSR count). The van der Waals surface area contributed by atoms with Gasteiger partial charge in [-0.3, -0.25) is 14.9 Å². The number of nitrogens with zero attached hydrogens (tertiary/aromatic N) is 2. The maximum atomic E-state index is 12.7. The summed E-state index contributed by atoms with van der Waals surface area (Å²) >= 11 is 0. The van der Waals surface area contributed by atoms with Gasteiger partial charge in [0.15, 0.2) is 12.4 Å². The summed E-state index contributed by atoms with van der Waals surface area (Å²) in [5.74, 6) is 0.0479. The summed E-state index contributed by atoms with van der Waals surface area (Å²) in [4.78, 5) is 22.7. The van der Waals surface area contributed by atoms with Gasteiger partial charge in [0.1, 0.15) is 0 Å². The number of hydrogen-bond acceptors (Lipinski definition) is 7. The van der Waals surface area contributed by atoms with E-state index in [1.165, 1.54) is 16.4 Å². The van der Waals surface area contributed by atoms with Gasteiger partial charge in [-0.2, -0.15) is 4.31 Å². The summed E-state index contributed by atoms with van der Waals surface area (Å²) in [6, 6.07) is 3.39. The number of nitrogens with one attached hydrogen (secondary N) is 1. The van der Waals surface area contributed by atoms with Crippen molar-refractivity contribution in [2.45, 2.75) is 51.0 Å². The van der Waals surface area contributed by atoms with Crippen LogP contribution in [0.15, 0.2) is 23.1 Å². The molecule has 174 valence electrons. The third-order valence-electron chi connectivity index (χ3n) is 4.92. The smallest absolute Gasteiger partial charge is 0.312 e. The van der Waals surface area contributed by atoms with Crippen LogP contribution in [0.25, 0.3) is 0 Å². The number of carbonyl (C=O) groups excluding carboxylic acids is 1. The lowest BCUT2D eigenvalue weighted by Crippen LogP contribution is -2.40. The van der Waals surface area contributed by atoms with Gasteiger partial charge in [0.2, 0.25) is 10.0 Å². The lowest BCUT2D eigenvalue weighted by Gasteiger charge is -2.26. The van der Waals surface area contributed by atoms with Crippen LogP contribution in [0.3, 0.4) is 0 Å². The summed E-state index contributed by atoms with van der Waals surface area (Å²) in [6.45, 7) is 6.69. The number of rotatable bonds is 11. The van der Waals surface area contributed by atoms with Crippen molar-refractivity contribution in [3.63, 3.8) is 0 Å². The molecule has 0 aromatic heterocycles. The molecule has 1 fully saturated rings. The molecule has 0 radical (unpaired) electrons. The maximum absolute atomic E-state index is 12.7. The van der Waals surface area contributed by atoms with Crippen molar-refractivity contribution in [2.75, 3.05) is 32.9 Å². The first kappa shape index (κ1) is 25.0. The van der Waals surface area contributed by atoms with E-state index in [2.05, 4.69) is 19.2 Å². The molecule has 0 saturated carbocycles. The van der Waals surface area contributed by atoms with E-state index in [4.69, 9.17) is 9.47 Å². The second-order valence-electron chi connectivity index (χ2n) is 7.99. The Morgan fingerprint density at radius 3 is 2.55 bits per heavy atom. The molecule has 0 bridgehead atoms. The zero-order valence-corrected chi connectivity index (χ0v) is 19.0. The first-order chi connectivity index (χ1) is 14.6. The molecule has 1 heterocycles. The highest BCUT2D eigenvalue weighted by Crippen LogP contribution is 2.31. The van der Waals surface area contributed by atoms with E-state index >= 15 is 0 Å². The van der Waals surface area contributed by atoms with Crippen LogP contribution in [0.1, 0.15) is 40.0 Å². The van der Waals surface area contributed by atoms with Gasteiger partial charge < -0.3 is 14.8 Å². The summed E-state index contributed by atoms with van der Waals surface area (Å²) in [5, 5.41) is 14.3. The van der Waals surface area contributed by atoms with E-state index in [9.17, 15) is 23.3 Å². The van der Waals surface area contributed by atoms with E-state index < -0.39 is 33.1 Å². The van der Waals surface area contributed by atoms with Crippen LogP contribution in [0.4, 0.5) is 5.69 Å². The molecule has 31 heavy (non-hydrogen) atoms. The molecule has 10 nitrogen and oxygen atoms in total. The van der Waals surface area contributed by atoms with Crippen molar-refractivity contribution in [2.24, 2.45) is 5.92 Å². The minimum absolute atomic E-state index is 0.0362. The van der Waals surface area contributed by atoms with Gasteiger partial charge in [0, 0.05) is 25.2 Å². The van der Waals surface area contributed by atoms with Crippen molar-refractivity contribution in [1.29, 1.82) is 0 Å². The van der Waals surface area contributed by atoms with E-state index in [1.54, 1.807) is 0 Å². The molecule has 11 heteroatoms. The van der Waals surface area contributed by atoms with E-state index in [-0.39, 0.29) is 43.0 Å². The molecule has 1 aliphatic rings. The molecule has 1 saturated heterocycles. The molecule has 1 amide bonds. The van der Waals surface area contributed by atoms with Crippen LogP contribution >= 0.6 is 0 Å². The molecular formula is C20H31N3O7S. The maximum Gasteiger partial charge on any atom is 0.312 e. The minimum Gasteiger partial charge on any atom is -0.477 e. The second kappa shape index (κ2) is 11.4. The van der Waals surface area contributed by atoms with Crippen LogP contribution < -0.4 is 10.1 Å². The van der Waals surface area contributed by atoms with E-state index in [0.29, 0.717) is 5.92 Å². The van der Waals surface area contributed by atoms with Crippen LogP contribution in [0.5, 0.6) is 5.75 Å². The SMILES string of the molecule is CC(C)CCCC(C)NC(=O)COc1ccc(S(=O)(=O)N2CCOCC2)cc1[N+](=O)[O-]. The van der Waals surface area contributed by atoms with Gasteiger partial charge in [0.05, 0.1) is 23.0 Å². The van der Waals surface area contributed by atoms with Gasteiger partial charge in [-0.1, -0.05) is 26.7 Å². The second-order valence-corrected chi connectivity index (χ2v) is 9.92. The van der Waals surface area contributed by atoms with Crippen molar-refractivity contribution in [1.82, 2.24) is 9.62 Å². The summed E-state index contributed by atoms with van der Waals surface area (Å²) in [7, 11) is -3.88. The Kier molecular flexibility index (Phi) is 9.20. The lowest BCUT2D eigenvalue weighted by molar-refractivity contribution is -0.386. The molecule has 1 unspecified atom stereocenters. The van der Waals surface area contributed by atoms with Crippen molar-refractivity contribution in [3.8, 4) is 5.75 Å². The van der Waals surface area contributed by atoms with Gasteiger partial charge in [-0.25, -0.2) is 8.42 Å². The molecule has 0 spiro atoms. The average molecular weight is 458 g/mol. The largest absolute Gasteiger partial charge is 0.477 e. The standard InChI is InChI=1S/C20H31N3O7S/c1-15(2)5-4-6-16(3)21-20(24)14-30-19-8-7-17(13-18(19)23(25)26)31(27,28)22-9-11-29-12-10-22/h7-8,13,15-16H,4-6,9-12,14H2,1-3H3,(H,21,24). The Bertz CT molecular complexity index is 868. The first-order valence-electron chi connectivity index (χ1n) is 10.4. The zero-order valence-electron chi connectivity index (χ0n) is 18.2. The fourth-order valence-corrected chi connectivity index (χ4v) is 4.65. The van der Waals surface area contributed by atoms with Crippen LogP contribution in [0, 0.1) is 16.0 Å². The highest BCUT2D eigenvalue weighted by Gasteiger charge is 2.29. The highest BCUT2D eigenvalue weighted by atomic mass is 32.2. The Hall–Kier alpha value is -2.24. The Balaban J connectivity index is 2.01. The molecule has 1 N–H and O–H groups in total. The molecule has 1 atom stereocenters. The van der Waals surface area contributed by atoms with Gasteiger partial charge in [-0.05, 0) is 31.4 Å². The third-order valence-corrected chi connectivity index (χ3v) is 6.81. The summed E-state index contributed by atoms with van der Waals surface area (Å²) in [5.41, 5.74) is -0.507. The topological polar surface area (TPSA) is 128 Å². The number of carbonyl (C=O) groups is 1. The number of ether oxygens (including phenoxy) is 2. The van der Waals surface area contributed by atoms with Gasteiger partial charge >= 0.3 is 5.69 Å². The monoisotopic (exact) mass is 457 g/mol. The predicted molar refractivity (Wildman–Crippen MR) is 114 cm³/mol. The van der Waals surface area contributed by atoms with Crippen LogP contribution in [0.2, 0.25) is 0 Å². The number of nitro benzene ring substituents is 1. The zero-order chi connectivity index (χ0) is 23.0. The third kappa shape index (κ3) is 7.44. The highest BCUT2D eigenvalue weighted by molar-refractivity contribution is 7.89.